The molecule has 3 rings (SSSR count). The van der Waals surface area contributed by atoms with E-state index in [1.165, 1.54) is 0 Å². The number of carbonyl (C=O) groups is 1. The third-order valence-electron chi connectivity index (χ3n) is 4.18. The van der Waals surface area contributed by atoms with E-state index in [9.17, 15) is 4.79 Å². The van der Waals surface area contributed by atoms with Gasteiger partial charge in [0.15, 0.2) is 0 Å². The molecule has 2 aromatic rings. The van der Waals surface area contributed by atoms with Gasteiger partial charge in [-0.3, -0.25) is 4.79 Å². The summed E-state index contributed by atoms with van der Waals surface area (Å²) in [5, 5.41) is 8.16. The van der Waals surface area contributed by atoms with E-state index in [1.54, 1.807) is 37.1 Å². The van der Waals surface area contributed by atoms with Gasteiger partial charge in [-0.1, -0.05) is 34.4 Å². The van der Waals surface area contributed by atoms with Crippen LogP contribution in [0.2, 0.25) is 10.0 Å². The summed E-state index contributed by atoms with van der Waals surface area (Å²) in [7, 11) is 1.80. The zero-order valence-electron chi connectivity index (χ0n) is 13.3. The lowest BCUT2D eigenvalue weighted by atomic mass is 10.0. The quantitative estimate of drug-likeness (QED) is 0.866. The van der Waals surface area contributed by atoms with Gasteiger partial charge >= 0.3 is 0 Å². The molecule has 0 aliphatic carbocycles. The molecule has 0 spiro atoms. The fraction of sp³-hybridized carbons (Fsp3) is 0.375. The van der Waals surface area contributed by atoms with Crippen molar-refractivity contribution in [3.8, 4) is 11.3 Å². The molecule has 130 valence electrons. The highest BCUT2D eigenvalue weighted by Crippen LogP contribution is 2.37. The molecular formula is C16H18Cl3N3O2. The van der Waals surface area contributed by atoms with E-state index in [1.807, 2.05) is 0 Å². The van der Waals surface area contributed by atoms with Crippen LogP contribution >= 0.6 is 35.6 Å². The maximum Gasteiger partial charge on any atom is 0.259 e. The number of rotatable bonds is 3. The first-order chi connectivity index (χ1) is 11.0. The Kier molecular flexibility index (Phi) is 6.15. The van der Waals surface area contributed by atoms with E-state index in [4.69, 9.17) is 27.7 Å². The Morgan fingerprint density at radius 1 is 1.38 bits per heavy atom. The predicted molar refractivity (Wildman–Crippen MR) is 97.3 cm³/mol. The van der Waals surface area contributed by atoms with Gasteiger partial charge in [0.1, 0.15) is 17.0 Å². The molecule has 1 aliphatic heterocycles. The minimum atomic E-state index is -0.136. The van der Waals surface area contributed by atoms with Crippen molar-refractivity contribution in [2.24, 2.45) is 0 Å². The molecule has 1 aromatic heterocycles. The summed E-state index contributed by atoms with van der Waals surface area (Å²) in [5.41, 5.74) is 1.32. The number of aryl methyl sites for hydroxylation is 1. The fourth-order valence-corrected chi connectivity index (χ4v) is 3.41. The number of aromatic nitrogens is 1. The number of likely N-dealkylation sites (N-methyl/N-ethyl adjacent to an activating group) is 1. The minimum absolute atomic E-state index is 0. The van der Waals surface area contributed by atoms with Crippen molar-refractivity contribution >= 4 is 41.5 Å². The molecule has 24 heavy (non-hydrogen) atoms. The van der Waals surface area contributed by atoms with Crippen molar-refractivity contribution in [3.63, 3.8) is 0 Å². The highest BCUT2D eigenvalue weighted by atomic mass is 35.5. The van der Waals surface area contributed by atoms with Crippen molar-refractivity contribution in [3.05, 3.63) is 39.6 Å². The van der Waals surface area contributed by atoms with E-state index in [-0.39, 0.29) is 24.4 Å². The first-order valence-corrected chi connectivity index (χ1v) is 8.14. The average Bonchev–Trinajstić information content (AvgIpc) is 3.16. The van der Waals surface area contributed by atoms with Gasteiger partial charge in [-0.25, -0.2) is 0 Å². The molecule has 1 aromatic carbocycles. The number of benzene rings is 1. The third-order valence-corrected chi connectivity index (χ3v) is 4.81. The van der Waals surface area contributed by atoms with E-state index >= 15 is 0 Å². The van der Waals surface area contributed by atoms with Gasteiger partial charge in [0.05, 0.1) is 10.0 Å². The molecular weight excluding hydrogens is 373 g/mol. The van der Waals surface area contributed by atoms with Gasteiger partial charge < -0.3 is 14.7 Å². The van der Waals surface area contributed by atoms with Crippen LogP contribution in [-0.4, -0.2) is 42.1 Å². The molecule has 0 saturated carbocycles. The lowest BCUT2D eigenvalue weighted by molar-refractivity contribution is 0.0742. The van der Waals surface area contributed by atoms with Crippen molar-refractivity contribution in [1.29, 1.82) is 0 Å². The van der Waals surface area contributed by atoms with E-state index in [0.717, 1.165) is 19.5 Å². The van der Waals surface area contributed by atoms with Crippen LogP contribution in [0.1, 0.15) is 22.5 Å². The highest BCUT2D eigenvalue weighted by molar-refractivity contribution is 6.39. The standard InChI is InChI=1S/C16H17Cl2N3O2.ClH/c1-9-13(16(22)21(2)10-6-7-19-8-10)15(20-23-9)14-11(17)4-3-5-12(14)18;/h3-5,10,19H,6-8H2,1-2H3;1H. The van der Waals surface area contributed by atoms with Gasteiger partial charge in [-0.05, 0) is 32.0 Å². The molecule has 0 radical (unpaired) electrons. The molecule has 0 bridgehead atoms. The Morgan fingerprint density at radius 2 is 2.04 bits per heavy atom. The zero-order chi connectivity index (χ0) is 16.6. The Morgan fingerprint density at radius 3 is 2.62 bits per heavy atom. The number of halogens is 3. The minimum Gasteiger partial charge on any atom is -0.360 e. The van der Waals surface area contributed by atoms with Crippen LogP contribution in [-0.2, 0) is 0 Å². The van der Waals surface area contributed by atoms with Crippen LogP contribution in [0.5, 0.6) is 0 Å². The molecule has 8 heteroatoms. The van der Waals surface area contributed by atoms with Crippen LogP contribution in [0.25, 0.3) is 11.3 Å². The number of hydrogen-bond donors (Lipinski definition) is 1. The number of amides is 1. The summed E-state index contributed by atoms with van der Waals surface area (Å²) in [5.74, 6) is 0.322. The lowest BCUT2D eigenvalue weighted by Crippen LogP contribution is -2.38. The second kappa shape index (κ2) is 7.74. The molecule has 5 nitrogen and oxygen atoms in total. The second-order valence-corrected chi connectivity index (χ2v) is 6.44. The first-order valence-electron chi connectivity index (χ1n) is 7.39. The molecule has 1 amide bonds. The summed E-state index contributed by atoms with van der Waals surface area (Å²) >= 11 is 12.5. The number of carbonyl (C=O) groups excluding carboxylic acids is 1. The number of hydrogen-bond acceptors (Lipinski definition) is 4. The molecule has 1 fully saturated rings. The van der Waals surface area contributed by atoms with Crippen molar-refractivity contribution in [2.75, 3.05) is 20.1 Å². The lowest BCUT2D eigenvalue weighted by Gasteiger charge is -2.23. The summed E-state index contributed by atoms with van der Waals surface area (Å²) in [6.07, 6.45) is 0.925. The van der Waals surface area contributed by atoms with E-state index in [2.05, 4.69) is 10.5 Å². The highest BCUT2D eigenvalue weighted by Gasteiger charge is 2.30. The normalized spacial score (nSPS) is 16.8. The van der Waals surface area contributed by atoms with E-state index in [0.29, 0.717) is 32.6 Å². The fourth-order valence-electron chi connectivity index (χ4n) is 2.83. The molecule has 1 aliphatic rings. The second-order valence-electron chi connectivity index (χ2n) is 5.62. The molecule has 1 saturated heterocycles. The monoisotopic (exact) mass is 389 g/mol. The van der Waals surface area contributed by atoms with Gasteiger partial charge in [-0.15, -0.1) is 12.4 Å². The summed E-state index contributed by atoms with van der Waals surface area (Å²) in [6.45, 7) is 3.41. The molecule has 1 unspecified atom stereocenters. The Labute approximate surface area is 156 Å². The Hall–Kier alpha value is -1.27. The molecule has 2 heterocycles. The maximum absolute atomic E-state index is 12.9. The molecule has 1 N–H and O–H groups in total. The summed E-state index contributed by atoms with van der Waals surface area (Å²) < 4.78 is 5.26. The van der Waals surface area contributed by atoms with Crippen LogP contribution in [0.3, 0.4) is 0 Å². The largest absolute Gasteiger partial charge is 0.360 e. The first kappa shape index (κ1) is 19.1. The Balaban J connectivity index is 0.00000208. The summed E-state index contributed by atoms with van der Waals surface area (Å²) in [6, 6.07) is 5.34. The SMILES string of the molecule is Cc1onc(-c2c(Cl)cccc2Cl)c1C(=O)N(C)C1CCNC1.Cl. The van der Waals surface area contributed by atoms with Gasteiger partial charge in [-0.2, -0.15) is 0 Å². The molecule has 1 atom stereocenters. The smallest absolute Gasteiger partial charge is 0.259 e. The Bertz CT molecular complexity index is 722. The van der Waals surface area contributed by atoms with Gasteiger partial charge in [0.2, 0.25) is 0 Å². The number of nitrogens with zero attached hydrogens (tertiary/aromatic N) is 2. The van der Waals surface area contributed by atoms with Crippen LogP contribution in [0.15, 0.2) is 22.7 Å². The topological polar surface area (TPSA) is 58.4 Å². The third kappa shape index (κ3) is 3.40. The number of nitrogens with one attached hydrogen (secondary N) is 1. The maximum atomic E-state index is 12.9. The van der Waals surface area contributed by atoms with E-state index < -0.39 is 0 Å². The average molecular weight is 391 g/mol. The van der Waals surface area contributed by atoms with Crippen LogP contribution < -0.4 is 5.32 Å². The van der Waals surface area contributed by atoms with Crippen molar-refractivity contribution < 1.29 is 9.32 Å². The van der Waals surface area contributed by atoms with Crippen molar-refractivity contribution in [1.82, 2.24) is 15.4 Å². The zero-order valence-corrected chi connectivity index (χ0v) is 15.6. The van der Waals surface area contributed by atoms with Gasteiger partial charge in [0, 0.05) is 25.2 Å². The summed E-state index contributed by atoms with van der Waals surface area (Å²) in [4.78, 5) is 14.7. The predicted octanol–water partition coefficient (Wildman–Crippen LogP) is 3.81. The van der Waals surface area contributed by atoms with Crippen LogP contribution in [0, 0.1) is 6.92 Å². The van der Waals surface area contributed by atoms with Crippen molar-refractivity contribution in [2.45, 2.75) is 19.4 Å². The van der Waals surface area contributed by atoms with Gasteiger partial charge in [0.25, 0.3) is 5.91 Å². The van der Waals surface area contributed by atoms with Crippen LogP contribution in [0.4, 0.5) is 0 Å².